The summed E-state index contributed by atoms with van der Waals surface area (Å²) in [5, 5.41) is 4.47. The van der Waals surface area contributed by atoms with E-state index < -0.39 is 0 Å². The molecule has 0 spiro atoms. The third-order valence-corrected chi connectivity index (χ3v) is 3.25. The summed E-state index contributed by atoms with van der Waals surface area (Å²) < 4.78 is 1.88. The average molecular weight is 206 g/mol. The highest BCUT2D eigenvalue weighted by molar-refractivity contribution is 6.00. The first kappa shape index (κ1) is 10.4. The van der Waals surface area contributed by atoms with E-state index >= 15 is 0 Å². The van der Waals surface area contributed by atoms with Gasteiger partial charge in [-0.25, -0.2) is 0 Å². The molecule has 3 heteroatoms. The SMILES string of the molecule is CC1CCc2c(c(C(C)C)nn2C)C1=O. The first-order valence-electron chi connectivity index (χ1n) is 5.62. The number of carbonyl (C=O) groups is 1. The maximum Gasteiger partial charge on any atom is 0.169 e. The minimum Gasteiger partial charge on any atom is -0.294 e. The number of hydrogen-bond acceptors (Lipinski definition) is 2. The normalized spacial score (nSPS) is 20.9. The second-order valence-corrected chi connectivity index (χ2v) is 4.79. The van der Waals surface area contributed by atoms with Gasteiger partial charge in [0, 0.05) is 18.7 Å². The predicted octanol–water partition coefficient (Wildman–Crippen LogP) is 2.31. The van der Waals surface area contributed by atoms with Crippen LogP contribution >= 0.6 is 0 Å². The van der Waals surface area contributed by atoms with Gasteiger partial charge in [-0.2, -0.15) is 5.10 Å². The topological polar surface area (TPSA) is 34.9 Å². The van der Waals surface area contributed by atoms with Gasteiger partial charge in [0.15, 0.2) is 5.78 Å². The minimum absolute atomic E-state index is 0.166. The molecule has 0 radical (unpaired) electrons. The van der Waals surface area contributed by atoms with Gasteiger partial charge in [0.2, 0.25) is 0 Å². The van der Waals surface area contributed by atoms with Crippen LogP contribution < -0.4 is 0 Å². The van der Waals surface area contributed by atoms with E-state index in [4.69, 9.17) is 0 Å². The molecule has 1 heterocycles. The standard InChI is InChI=1S/C12H18N2O/c1-7(2)11-10-9(14(4)13-11)6-5-8(3)12(10)15/h7-8H,5-6H2,1-4H3. The Bertz CT molecular complexity index is 404. The highest BCUT2D eigenvalue weighted by Crippen LogP contribution is 2.30. The molecule has 0 saturated heterocycles. The molecule has 1 aromatic rings. The fourth-order valence-electron chi connectivity index (χ4n) is 2.27. The Kier molecular flexibility index (Phi) is 2.41. The van der Waals surface area contributed by atoms with Crippen LogP contribution in [-0.2, 0) is 13.5 Å². The van der Waals surface area contributed by atoms with Crippen LogP contribution in [0.5, 0.6) is 0 Å². The van der Waals surface area contributed by atoms with Crippen LogP contribution in [0, 0.1) is 5.92 Å². The summed E-state index contributed by atoms with van der Waals surface area (Å²) >= 11 is 0. The summed E-state index contributed by atoms with van der Waals surface area (Å²) in [6.07, 6.45) is 1.95. The van der Waals surface area contributed by atoms with Gasteiger partial charge in [-0.05, 0) is 18.8 Å². The fourth-order valence-corrected chi connectivity index (χ4v) is 2.27. The summed E-state index contributed by atoms with van der Waals surface area (Å²) in [5.41, 5.74) is 3.01. The van der Waals surface area contributed by atoms with Gasteiger partial charge in [0.25, 0.3) is 0 Å². The second kappa shape index (κ2) is 3.47. The Morgan fingerprint density at radius 3 is 2.73 bits per heavy atom. The van der Waals surface area contributed by atoms with Crippen LogP contribution in [0.15, 0.2) is 0 Å². The van der Waals surface area contributed by atoms with Crippen molar-refractivity contribution in [3.05, 3.63) is 17.0 Å². The number of Topliss-reactive ketones (excluding diaryl/α,β-unsaturated/α-hetero) is 1. The number of aromatic nitrogens is 2. The molecule has 0 N–H and O–H groups in total. The molecule has 1 aromatic heterocycles. The predicted molar refractivity (Wildman–Crippen MR) is 59.1 cm³/mol. The fraction of sp³-hybridized carbons (Fsp3) is 0.667. The Morgan fingerprint density at radius 2 is 2.13 bits per heavy atom. The maximum atomic E-state index is 12.1. The number of carbonyl (C=O) groups excluding carboxylic acids is 1. The van der Waals surface area contributed by atoms with Crippen molar-refractivity contribution >= 4 is 5.78 Å². The summed E-state index contributed by atoms with van der Waals surface area (Å²) in [6, 6.07) is 0. The zero-order valence-electron chi connectivity index (χ0n) is 9.87. The van der Waals surface area contributed by atoms with Gasteiger partial charge in [-0.1, -0.05) is 20.8 Å². The van der Waals surface area contributed by atoms with Crippen molar-refractivity contribution < 1.29 is 4.79 Å². The third kappa shape index (κ3) is 1.50. The molecule has 1 unspecified atom stereocenters. The average Bonchev–Trinajstić information content (AvgIpc) is 2.50. The molecule has 0 saturated carbocycles. The first-order valence-corrected chi connectivity index (χ1v) is 5.62. The quantitative estimate of drug-likeness (QED) is 0.706. The Hall–Kier alpha value is -1.12. The Balaban J connectivity index is 2.58. The summed E-state index contributed by atoms with van der Waals surface area (Å²) in [7, 11) is 1.94. The number of rotatable bonds is 1. The molecule has 2 rings (SSSR count). The van der Waals surface area contributed by atoms with Crippen molar-refractivity contribution in [1.29, 1.82) is 0 Å². The number of fused-ring (bicyclic) bond motifs is 1. The molecule has 0 fully saturated rings. The maximum absolute atomic E-state index is 12.1. The molecule has 82 valence electrons. The van der Waals surface area contributed by atoms with Crippen LogP contribution in [0.25, 0.3) is 0 Å². The Labute approximate surface area is 90.5 Å². The van der Waals surface area contributed by atoms with E-state index in [2.05, 4.69) is 18.9 Å². The van der Waals surface area contributed by atoms with Crippen molar-refractivity contribution in [2.75, 3.05) is 0 Å². The van der Waals surface area contributed by atoms with Crippen LogP contribution in [0.2, 0.25) is 0 Å². The van der Waals surface area contributed by atoms with Crippen LogP contribution in [-0.4, -0.2) is 15.6 Å². The lowest BCUT2D eigenvalue weighted by molar-refractivity contribution is 0.0911. The monoisotopic (exact) mass is 206 g/mol. The summed E-state index contributed by atoms with van der Waals surface area (Å²) in [6.45, 7) is 6.20. The van der Waals surface area contributed by atoms with Crippen LogP contribution in [0.4, 0.5) is 0 Å². The second-order valence-electron chi connectivity index (χ2n) is 4.79. The van der Waals surface area contributed by atoms with E-state index in [1.54, 1.807) is 0 Å². The Morgan fingerprint density at radius 1 is 1.47 bits per heavy atom. The molecular weight excluding hydrogens is 188 g/mol. The molecule has 0 aliphatic heterocycles. The molecule has 1 aliphatic rings. The number of ketones is 1. The van der Waals surface area contributed by atoms with Crippen LogP contribution in [0.1, 0.15) is 54.9 Å². The zero-order chi connectivity index (χ0) is 11.2. The van der Waals surface area contributed by atoms with Gasteiger partial charge in [-0.3, -0.25) is 9.48 Å². The minimum atomic E-state index is 0.166. The van der Waals surface area contributed by atoms with Crippen molar-refractivity contribution in [3.63, 3.8) is 0 Å². The van der Waals surface area contributed by atoms with Gasteiger partial charge < -0.3 is 0 Å². The van der Waals surface area contributed by atoms with E-state index in [1.807, 2.05) is 18.7 Å². The summed E-state index contributed by atoms with van der Waals surface area (Å²) in [5.74, 6) is 0.779. The van der Waals surface area contributed by atoms with Crippen molar-refractivity contribution in [3.8, 4) is 0 Å². The van der Waals surface area contributed by atoms with Gasteiger partial charge in [0.05, 0.1) is 11.3 Å². The van der Waals surface area contributed by atoms with E-state index in [9.17, 15) is 4.79 Å². The van der Waals surface area contributed by atoms with Gasteiger partial charge in [0.1, 0.15) is 0 Å². The molecule has 1 atom stereocenters. The number of aryl methyl sites for hydroxylation is 1. The molecule has 0 bridgehead atoms. The lowest BCUT2D eigenvalue weighted by Crippen LogP contribution is -2.21. The smallest absolute Gasteiger partial charge is 0.169 e. The van der Waals surface area contributed by atoms with Crippen molar-refractivity contribution in [1.82, 2.24) is 9.78 Å². The van der Waals surface area contributed by atoms with E-state index in [-0.39, 0.29) is 11.7 Å². The molecule has 0 aromatic carbocycles. The molecule has 15 heavy (non-hydrogen) atoms. The van der Waals surface area contributed by atoms with E-state index in [1.165, 1.54) is 0 Å². The van der Waals surface area contributed by atoms with E-state index in [0.717, 1.165) is 29.8 Å². The van der Waals surface area contributed by atoms with Gasteiger partial charge in [-0.15, -0.1) is 0 Å². The number of hydrogen-bond donors (Lipinski definition) is 0. The van der Waals surface area contributed by atoms with Crippen LogP contribution in [0.3, 0.4) is 0 Å². The van der Waals surface area contributed by atoms with Crippen molar-refractivity contribution in [2.45, 2.75) is 39.5 Å². The molecular formula is C12H18N2O. The molecule has 0 amide bonds. The largest absolute Gasteiger partial charge is 0.294 e. The summed E-state index contributed by atoms with van der Waals surface area (Å²) in [4.78, 5) is 12.1. The zero-order valence-corrected chi connectivity index (χ0v) is 9.87. The highest BCUT2D eigenvalue weighted by Gasteiger charge is 2.31. The van der Waals surface area contributed by atoms with Gasteiger partial charge >= 0.3 is 0 Å². The lowest BCUT2D eigenvalue weighted by Gasteiger charge is -2.18. The third-order valence-electron chi connectivity index (χ3n) is 3.25. The van der Waals surface area contributed by atoms with E-state index in [0.29, 0.717) is 5.92 Å². The first-order chi connectivity index (χ1) is 7.02. The lowest BCUT2D eigenvalue weighted by atomic mass is 9.84. The molecule has 1 aliphatic carbocycles. The van der Waals surface area contributed by atoms with Crippen molar-refractivity contribution in [2.24, 2.45) is 13.0 Å². The number of nitrogens with zero attached hydrogens (tertiary/aromatic N) is 2. The highest BCUT2D eigenvalue weighted by atomic mass is 16.1. The molecule has 3 nitrogen and oxygen atoms in total.